The number of hydrogen-bond donors (Lipinski definition) is 1. The van der Waals surface area contributed by atoms with Crippen molar-refractivity contribution in [2.24, 2.45) is 0 Å². The van der Waals surface area contributed by atoms with Gasteiger partial charge in [-0.05, 0) is 34.6 Å². The average molecular weight is 353 g/mol. The molecule has 1 N–H and O–H groups in total. The highest BCUT2D eigenvalue weighted by Gasteiger charge is 2.15. The van der Waals surface area contributed by atoms with Crippen LogP contribution in [0.1, 0.15) is 51.2 Å². The molecular formula is C22H27NO3. The zero-order valence-electron chi connectivity index (χ0n) is 15.9. The lowest BCUT2D eigenvalue weighted by molar-refractivity contribution is -0.147. The molecule has 0 spiro atoms. The van der Waals surface area contributed by atoms with E-state index in [4.69, 9.17) is 4.74 Å². The van der Waals surface area contributed by atoms with Gasteiger partial charge in [0.05, 0.1) is 6.42 Å². The maximum absolute atomic E-state index is 12.0. The fourth-order valence-electron chi connectivity index (χ4n) is 2.61. The van der Waals surface area contributed by atoms with E-state index in [1.54, 1.807) is 0 Å². The lowest BCUT2D eigenvalue weighted by Gasteiger charge is -2.19. The summed E-state index contributed by atoms with van der Waals surface area (Å²) in [6, 6.07) is 17.5. The van der Waals surface area contributed by atoms with Crippen LogP contribution < -0.4 is 5.32 Å². The quantitative estimate of drug-likeness (QED) is 0.769. The van der Waals surface area contributed by atoms with E-state index in [1.807, 2.05) is 61.5 Å². The van der Waals surface area contributed by atoms with Gasteiger partial charge in [0.1, 0.15) is 0 Å². The van der Waals surface area contributed by atoms with Gasteiger partial charge in [-0.2, -0.15) is 0 Å². The van der Waals surface area contributed by atoms with E-state index >= 15 is 0 Å². The molecule has 26 heavy (non-hydrogen) atoms. The molecule has 0 heterocycles. The topological polar surface area (TPSA) is 55.4 Å². The summed E-state index contributed by atoms with van der Waals surface area (Å²) in [4.78, 5) is 23.9. The average Bonchev–Trinajstić information content (AvgIpc) is 2.60. The summed E-state index contributed by atoms with van der Waals surface area (Å²) in [5.41, 5.74) is 3.02. The molecule has 2 aromatic rings. The molecule has 0 bridgehead atoms. The first-order valence-corrected chi connectivity index (χ1v) is 8.86. The number of hydrogen-bond acceptors (Lipinski definition) is 3. The Morgan fingerprint density at radius 1 is 1.00 bits per heavy atom. The van der Waals surface area contributed by atoms with Gasteiger partial charge in [-0.3, -0.25) is 9.59 Å². The van der Waals surface area contributed by atoms with E-state index in [1.165, 1.54) is 5.56 Å². The maximum atomic E-state index is 12.0. The van der Waals surface area contributed by atoms with Crippen molar-refractivity contribution < 1.29 is 14.3 Å². The number of ether oxygens (including phenoxy) is 1. The van der Waals surface area contributed by atoms with Crippen molar-refractivity contribution in [1.82, 2.24) is 0 Å². The van der Waals surface area contributed by atoms with Gasteiger partial charge in [0.25, 0.3) is 5.91 Å². The second-order valence-electron chi connectivity index (χ2n) is 7.55. The number of carbonyl (C=O) groups is 2. The summed E-state index contributed by atoms with van der Waals surface area (Å²) >= 11 is 0. The summed E-state index contributed by atoms with van der Waals surface area (Å²) in [5, 5.41) is 2.74. The van der Waals surface area contributed by atoms with E-state index in [9.17, 15) is 9.59 Å². The number of carbonyl (C=O) groups excluding carboxylic acids is 2. The fourth-order valence-corrected chi connectivity index (χ4v) is 2.61. The van der Waals surface area contributed by atoms with E-state index in [0.29, 0.717) is 5.69 Å². The minimum Gasteiger partial charge on any atom is -0.456 e. The highest BCUT2D eigenvalue weighted by molar-refractivity contribution is 5.92. The molecule has 0 aliphatic carbocycles. The first kappa shape index (κ1) is 19.7. The Balaban J connectivity index is 1.78. The number of rotatable bonds is 6. The number of amides is 1. The van der Waals surface area contributed by atoms with Gasteiger partial charge in [-0.1, -0.05) is 70.2 Å². The van der Waals surface area contributed by atoms with Crippen LogP contribution in [0.2, 0.25) is 0 Å². The fraction of sp³-hybridized carbons (Fsp3) is 0.364. The summed E-state index contributed by atoms with van der Waals surface area (Å²) in [7, 11) is 0. The Morgan fingerprint density at radius 3 is 2.19 bits per heavy atom. The molecule has 0 unspecified atom stereocenters. The van der Waals surface area contributed by atoms with Crippen molar-refractivity contribution in [1.29, 1.82) is 0 Å². The normalized spacial score (nSPS) is 12.3. The minimum atomic E-state index is -0.375. The maximum Gasteiger partial charge on any atom is 0.306 e. The molecule has 1 atom stereocenters. The van der Waals surface area contributed by atoms with Crippen LogP contribution in [-0.4, -0.2) is 18.5 Å². The van der Waals surface area contributed by atoms with E-state index < -0.39 is 0 Å². The third-order valence-corrected chi connectivity index (χ3v) is 4.24. The van der Waals surface area contributed by atoms with Crippen molar-refractivity contribution >= 4 is 17.6 Å². The Labute approximate surface area is 155 Å². The Morgan fingerprint density at radius 2 is 1.62 bits per heavy atom. The molecule has 0 aromatic heterocycles. The van der Waals surface area contributed by atoms with Crippen molar-refractivity contribution in [3.8, 4) is 0 Å². The molecule has 0 saturated carbocycles. The van der Waals surface area contributed by atoms with Crippen LogP contribution in [-0.2, 0) is 19.7 Å². The number of anilines is 1. The second kappa shape index (κ2) is 8.65. The standard InChI is InChI=1S/C22H27NO3/c1-16(17-8-6-5-7-9-17)14-21(25)26-15-20(24)23-19-12-10-18(11-13-19)22(2,3)4/h5-13,16H,14-15H2,1-4H3,(H,23,24)/t16-/m0/s1. The van der Waals surface area contributed by atoms with Gasteiger partial charge in [0, 0.05) is 5.69 Å². The third kappa shape index (κ3) is 6.03. The van der Waals surface area contributed by atoms with Crippen molar-refractivity contribution in [3.63, 3.8) is 0 Å². The number of nitrogens with one attached hydrogen (secondary N) is 1. The van der Waals surface area contributed by atoms with Crippen LogP contribution in [0.25, 0.3) is 0 Å². The van der Waals surface area contributed by atoms with Gasteiger partial charge < -0.3 is 10.1 Å². The predicted octanol–water partition coefficient (Wildman–Crippen LogP) is 4.66. The minimum absolute atomic E-state index is 0.0525. The van der Waals surface area contributed by atoms with Crippen LogP contribution in [0, 0.1) is 0 Å². The SMILES string of the molecule is C[C@@H](CC(=O)OCC(=O)Nc1ccc(C(C)(C)C)cc1)c1ccccc1. The molecule has 0 fully saturated rings. The lowest BCUT2D eigenvalue weighted by Crippen LogP contribution is -2.21. The molecule has 1 amide bonds. The molecule has 2 rings (SSSR count). The summed E-state index contributed by atoms with van der Waals surface area (Å²) in [5.74, 6) is -0.662. The van der Waals surface area contributed by atoms with Crippen LogP contribution >= 0.6 is 0 Å². The van der Waals surface area contributed by atoms with Crippen LogP contribution in [0.4, 0.5) is 5.69 Å². The zero-order valence-corrected chi connectivity index (χ0v) is 15.9. The second-order valence-corrected chi connectivity index (χ2v) is 7.55. The van der Waals surface area contributed by atoms with Gasteiger partial charge in [0.2, 0.25) is 0 Å². The molecule has 0 aliphatic rings. The monoisotopic (exact) mass is 353 g/mol. The smallest absolute Gasteiger partial charge is 0.306 e. The van der Waals surface area contributed by atoms with Gasteiger partial charge in [-0.15, -0.1) is 0 Å². The zero-order chi connectivity index (χ0) is 19.2. The summed E-state index contributed by atoms with van der Waals surface area (Å²) in [6.45, 7) is 8.10. The van der Waals surface area contributed by atoms with Crippen molar-refractivity contribution in [2.75, 3.05) is 11.9 Å². The van der Waals surface area contributed by atoms with Crippen molar-refractivity contribution in [2.45, 2.75) is 45.4 Å². The van der Waals surface area contributed by atoms with Crippen LogP contribution in [0.15, 0.2) is 54.6 Å². The summed E-state index contributed by atoms with van der Waals surface area (Å²) in [6.07, 6.45) is 0.248. The Kier molecular flexibility index (Phi) is 6.56. The summed E-state index contributed by atoms with van der Waals surface area (Å²) < 4.78 is 5.10. The molecule has 4 nitrogen and oxygen atoms in total. The number of esters is 1. The number of benzene rings is 2. The van der Waals surface area contributed by atoms with Crippen LogP contribution in [0.3, 0.4) is 0 Å². The molecular weight excluding hydrogens is 326 g/mol. The van der Waals surface area contributed by atoms with Crippen LogP contribution in [0.5, 0.6) is 0 Å². The largest absolute Gasteiger partial charge is 0.456 e. The van der Waals surface area contributed by atoms with Gasteiger partial charge in [-0.25, -0.2) is 0 Å². The lowest BCUT2D eigenvalue weighted by atomic mass is 9.87. The molecule has 2 aromatic carbocycles. The molecule has 0 saturated heterocycles. The van der Waals surface area contributed by atoms with Gasteiger partial charge in [0.15, 0.2) is 6.61 Å². The van der Waals surface area contributed by atoms with E-state index in [2.05, 4.69) is 26.1 Å². The van der Waals surface area contributed by atoms with Gasteiger partial charge >= 0.3 is 5.97 Å². The third-order valence-electron chi connectivity index (χ3n) is 4.24. The molecule has 138 valence electrons. The Hall–Kier alpha value is -2.62. The first-order valence-electron chi connectivity index (χ1n) is 8.86. The van der Waals surface area contributed by atoms with Crippen molar-refractivity contribution in [3.05, 3.63) is 65.7 Å². The highest BCUT2D eigenvalue weighted by atomic mass is 16.5. The van der Waals surface area contributed by atoms with E-state index in [-0.39, 0.29) is 36.2 Å². The molecule has 0 aliphatic heterocycles. The predicted molar refractivity (Wildman–Crippen MR) is 104 cm³/mol. The molecule has 0 radical (unpaired) electrons. The highest BCUT2D eigenvalue weighted by Crippen LogP contribution is 2.23. The Bertz CT molecular complexity index is 730. The van der Waals surface area contributed by atoms with E-state index in [0.717, 1.165) is 5.56 Å². The molecule has 4 heteroatoms. The first-order chi connectivity index (χ1) is 12.3.